The highest BCUT2D eigenvalue weighted by Gasteiger charge is 2.26. The van der Waals surface area contributed by atoms with E-state index >= 15 is 0 Å². The van der Waals surface area contributed by atoms with Crippen molar-refractivity contribution < 1.29 is 14.6 Å². The number of fused-ring (bicyclic) bond motifs is 1. The Hall–Kier alpha value is -2.49. The van der Waals surface area contributed by atoms with Crippen molar-refractivity contribution >= 4 is 6.41 Å². The Balaban J connectivity index is 1.93. The Morgan fingerprint density at radius 1 is 1.27 bits per heavy atom. The van der Waals surface area contributed by atoms with E-state index in [-0.39, 0.29) is 11.8 Å². The monoisotopic (exact) mass is 297 g/mol. The molecule has 2 aromatic carbocycles. The molecule has 0 aromatic heterocycles. The summed E-state index contributed by atoms with van der Waals surface area (Å²) in [6.07, 6.45) is 2.51. The van der Waals surface area contributed by atoms with Crippen molar-refractivity contribution in [2.45, 2.75) is 18.9 Å². The largest absolute Gasteiger partial charge is 0.508 e. The number of ether oxygens (including phenoxy) is 1. The molecule has 0 unspecified atom stereocenters. The molecule has 1 atom stereocenters. The van der Waals surface area contributed by atoms with Gasteiger partial charge in [-0.3, -0.25) is 4.79 Å². The smallest absolute Gasteiger partial charge is 0.210 e. The molecule has 0 saturated heterocycles. The Bertz CT molecular complexity index is 667. The number of methoxy groups -OCH3 is 1. The molecule has 1 amide bonds. The number of carbonyl (C=O) groups is 1. The normalized spacial score (nSPS) is 17.0. The molecule has 3 rings (SSSR count). The minimum Gasteiger partial charge on any atom is -0.508 e. The van der Waals surface area contributed by atoms with Crippen LogP contribution >= 0.6 is 0 Å². The lowest BCUT2D eigenvalue weighted by atomic mass is 9.89. The van der Waals surface area contributed by atoms with Crippen LogP contribution < -0.4 is 4.74 Å². The Morgan fingerprint density at radius 3 is 2.73 bits per heavy atom. The summed E-state index contributed by atoms with van der Waals surface area (Å²) < 4.78 is 5.29. The van der Waals surface area contributed by atoms with Crippen LogP contribution in [0.3, 0.4) is 0 Å². The van der Waals surface area contributed by atoms with Gasteiger partial charge < -0.3 is 14.7 Å². The summed E-state index contributed by atoms with van der Waals surface area (Å²) in [6, 6.07) is 13.2. The fourth-order valence-corrected chi connectivity index (χ4v) is 3.04. The van der Waals surface area contributed by atoms with Crippen LogP contribution in [0, 0.1) is 0 Å². The van der Waals surface area contributed by atoms with Gasteiger partial charge in [-0.05, 0) is 53.8 Å². The van der Waals surface area contributed by atoms with E-state index in [1.54, 1.807) is 19.2 Å². The molecule has 4 nitrogen and oxygen atoms in total. The zero-order chi connectivity index (χ0) is 15.5. The first-order valence-electron chi connectivity index (χ1n) is 7.37. The van der Waals surface area contributed by atoms with E-state index in [1.807, 2.05) is 23.1 Å². The fraction of sp³-hybridized carbons (Fsp3) is 0.278. The molecular weight excluding hydrogens is 278 g/mol. The zero-order valence-corrected chi connectivity index (χ0v) is 12.5. The third kappa shape index (κ3) is 2.77. The van der Waals surface area contributed by atoms with Gasteiger partial charge in [0.2, 0.25) is 6.41 Å². The van der Waals surface area contributed by atoms with E-state index < -0.39 is 0 Å². The molecule has 4 heteroatoms. The second-order valence-electron chi connectivity index (χ2n) is 5.54. The number of hydrogen-bond donors (Lipinski definition) is 1. The predicted molar refractivity (Wildman–Crippen MR) is 84.0 cm³/mol. The van der Waals surface area contributed by atoms with Gasteiger partial charge in [0.05, 0.1) is 13.2 Å². The second kappa shape index (κ2) is 6.10. The lowest BCUT2D eigenvalue weighted by molar-refractivity contribution is -0.120. The van der Waals surface area contributed by atoms with Crippen LogP contribution in [0.25, 0.3) is 0 Å². The van der Waals surface area contributed by atoms with E-state index in [9.17, 15) is 9.90 Å². The minimum absolute atomic E-state index is 0.0247. The Kier molecular flexibility index (Phi) is 4.00. The minimum atomic E-state index is 0.0247. The fourth-order valence-electron chi connectivity index (χ4n) is 3.04. The maximum Gasteiger partial charge on any atom is 0.210 e. The van der Waals surface area contributed by atoms with Crippen molar-refractivity contribution in [3.8, 4) is 11.5 Å². The van der Waals surface area contributed by atoms with Gasteiger partial charge in [0.1, 0.15) is 11.5 Å². The average Bonchev–Trinajstić information content (AvgIpc) is 2.56. The van der Waals surface area contributed by atoms with Crippen LogP contribution in [-0.2, 0) is 17.6 Å². The number of nitrogens with zero attached hydrogens (tertiary/aromatic N) is 1. The van der Waals surface area contributed by atoms with Crippen molar-refractivity contribution in [3.05, 3.63) is 59.2 Å². The predicted octanol–water partition coefficient (Wildman–Crippen LogP) is 2.70. The van der Waals surface area contributed by atoms with Crippen LogP contribution in [0.15, 0.2) is 42.5 Å². The van der Waals surface area contributed by atoms with E-state index in [1.165, 1.54) is 11.1 Å². The van der Waals surface area contributed by atoms with Gasteiger partial charge in [-0.1, -0.05) is 18.2 Å². The lowest BCUT2D eigenvalue weighted by Gasteiger charge is -2.35. The maximum absolute atomic E-state index is 11.4. The van der Waals surface area contributed by atoms with E-state index in [0.29, 0.717) is 6.54 Å². The first-order valence-corrected chi connectivity index (χ1v) is 7.37. The highest BCUT2D eigenvalue weighted by Crippen LogP contribution is 2.33. The number of phenols is 1. The van der Waals surface area contributed by atoms with Crippen molar-refractivity contribution in [1.29, 1.82) is 0 Å². The van der Waals surface area contributed by atoms with Crippen molar-refractivity contribution in [2.24, 2.45) is 0 Å². The zero-order valence-electron chi connectivity index (χ0n) is 12.5. The molecule has 114 valence electrons. The van der Waals surface area contributed by atoms with Gasteiger partial charge in [-0.25, -0.2) is 0 Å². The standard InChI is InChI=1S/C18H19NO3/c1-22-16-6-7-17-14(11-16)8-9-19(12-20)18(17)10-13-2-4-15(21)5-3-13/h2-7,11-12,18,21H,8-10H2,1H3/t18-/m1/s1. The molecule has 22 heavy (non-hydrogen) atoms. The van der Waals surface area contributed by atoms with Crippen LogP contribution in [0.4, 0.5) is 0 Å². The number of carbonyl (C=O) groups excluding carboxylic acids is 1. The molecule has 0 saturated carbocycles. The summed E-state index contributed by atoms with van der Waals surface area (Å²) in [4.78, 5) is 13.3. The summed E-state index contributed by atoms with van der Waals surface area (Å²) in [5, 5.41) is 9.40. The third-order valence-corrected chi connectivity index (χ3v) is 4.25. The second-order valence-corrected chi connectivity index (χ2v) is 5.54. The first-order chi connectivity index (χ1) is 10.7. The molecule has 0 radical (unpaired) electrons. The van der Waals surface area contributed by atoms with Crippen molar-refractivity contribution in [2.75, 3.05) is 13.7 Å². The summed E-state index contributed by atoms with van der Waals surface area (Å²) in [5.74, 6) is 1.10. The Morgan fingerprint density at radius 2 is 2.05 bits per heavy atom. The molecule has 2 aromatic rings. The number of hydrogen-bond acceptors (Lipinski definition) is 3. The SMILES string of the molecule is COc1ccc2c(c1)CCN(C=O)[C@@H]2Cc1ccc(O)cc1. The van der Waals surface area contributed by atoms with Crippen LogP contribution in [0.1, 0.15) is 22.7 Å². The number of aromatic hydroxyl groups is 1. The summed E-state index contributed by atoms with van der Waals surface area (Å²) in [6.45, 7) is 0.715. The van der Waals surface area contributed by atoms with Gasteiger partial charge in [0.15, 0.2) is 0 Å². The molecule has 0 aliphatic carbocycles. The van der Waals surface area contributed by atoms with E-state index in [0.717, 1.165) is 30.6 Å². The van der Waals surface area contributed by atoms with Crippen molar-refractivity contribution in [1.82, 2.24) is 4.90 Å². The summed E-state index contributed by atoms with van der Waals surface area (Å²) in [7, 11) is 1.66. The quantitative estimate of drug-likeness (QED) is 0.883. The molecule has 1 heterocycles. The van der Waals surface area contributed by atoms with E-state index in [4.69, 9.17) is 4.74 Å². The van der Waals surface area contributed by atoms with E-state index in [2.05, 4.69) is 12.1 Å². The number of phenolic OH excluding ortho intramolecular Hbond substituents is 1. The summed E-state index contributed by atoms with van der Waals surface area (Å²) in [5.41, 5.74) is 3.51. The molecule has 0 fully saturated rings. The van der Waals surface area contributed by atoms with Gasteiger partial charge in [-0.2, -0.15) is 0 Å². The van der Waals surface area contributed by atoms with Gasteiger partial charge in [0, 0.05) is 6.54 Å². The average molecular weight is 297 g/mol. The molecule has 1 aliphatic heterocycles. The van der Waals surface area contributed by atoms with Gasteiger partial charge >= 0.3 is 0 Å². The third-order valence-electron chi connectivity index (χ3n) is 4.25. The number of benzene rings is 2. The molecule has 1 N–H and O–H groups in total. The highest BCUT2D eigenvalue weighted by molar-refractivity contribution is 5.52. The van der Waals surface area contributed by atoms with Crippen molar-refractivity contribution in [3.63, 3.8) is 0 Å². The van der Waals surface area contributed by atoms with Gasteiger partial charge in [0.25, 0.3) is 0 Å². The first kappa shape index (κ1) is 14.4. The lowest BCUT2D eigenvalue weighted by Crippen LogP contribution is -2.35. The highest BCUT2D eigenvalue weighted by atomic mass is 16.5. The van der Waals surface area contributed by atoms with Crippen LogP contribution in [0.2, 0.25) is 0 Å². The summed E-state index contributed by atoms with van der Waals surface area (Å²) >= 11 is 0. The van der Waals surface area contributed by atoms with Crippen LogP contribution in [-0.4, -0.2) is 30.1 Å². The Labute approximate surface area is 130 Å². The molecule has 0 bridgehead atoms. The topological polar surface area (TPSA) is 49.8 Å². The number of amides is 1. The molecule has 0 spiro atoms. The van der Waals surface area contributed by atoms with Crippen LogP contribution in [0.5, 0.6) is 11.5 Å². The molecule has 1 aliphatic rings. The number of rotatable bonds is 4. The van der Waals surface area contributed by atoms with Gasteiger partial charge in [-0.15, -0.1) is 0 Å². The molecular formula is C18H19NO3. The maximum atomic E-state index is 11.4.